The molecule has 4 aromatic rings. The maximum Gasteiger partial charge on any atom is 0.234 e. The van der Waals surface area contributed by atoms with Gasteiger partial charge in [0.05, 0.1) is 12.9 Å². The van der Waals surface area contributed by atoms with E-state index in [-0.39, 0.29) is 11.7 Å². The summed E-state index contributed by atoms with van der Waals surface area (Å²) in [7, 11) is 1.62. The second-order valence-corrected chi connectivity index (χ2v) is 7.95. The van der Waals surface area contributed by atoms with Crippen molar-refractivity contribution in [3.05, 3.63) is 65.1 Å². The Hall–Kier alpha value is -2.91. The van der Waals surface area contributed by atoms with Gasteiger partial charge >= 0.3 is 0 Å². The smallest absolute Gasteiger partial charge is 0.234 e. The van der Waals surface area contributed by atoms with Crippen molar-refractivity contribution >= 4 is 44.9 Å². The summed E-state index contributed by atoms with van der Waals surface area (Å²) < 4.78 is 7.83. The lowest BCUT2D eigenvalue weighted by molar-refractivity contribution is -0.113. The number of ether oxygens (including phenoxy) is 1. The second kappa shape index (κ2) is 8.62. The Labute approximate surface area is 179 Å². The van der Waals surface area contributed by atoms with Crippen LogP contribution in [0.3, 0.4) is 0 Å². The van der Waals surface area contributed by atoms with Crippen molar-refractivity contribution in [1.82, 2.24) is 19.8 Å². The number of carbonyl (C=O) groups is 1. The zero-order valence-corrected chi connectivity index (χ0v) is 17.8. The summed E-state index contributed by atoms with van der Waals surface area (Å²) in [4.78, 5) is 12.2. The van der Waals surface area contributed by atoms with Gasteiger partial charge < -0.3 is 10.1 Å². The molecular weight excluding hydrogens is 454 g/mol. The molecule has 4 rings (SSSR count). The van der Waals surface area contributed by atoms with E-state index in [9.17, 15) is 4.79 Å². The summed E-state index contributed by atoms with van der Waals surface area (Å²) >= 11 is 4.73. The van der Waals surface area contributed by atoms with Gasteiger partial charge in [-0.15, -0.1) is 10.2 Å². The molecule has 0 saturated carbocycles. The fourth-order valence-corrected chi connectivity index (χ4v) is 3.56. The Morgan fingerprint density at radius 3 is 2.55 bits per heavy atom. The zero-order chi connectivity index (χ0) is 20.2. The number of hydrogen-bond acceptors (Lipinski definition) is 6. The third-order valence-corrected chi connectivity index (χ3v) is 5.51. The van der Waals surface area contributed by atoms with Crippen LogP contribution in [0.15, 0.2) is 70.2 Å². The molecule has 2 aromatic carbocycles. The first kappa shape index (κ1) is 19.4. The lowest BCUT2D eigenvalue weighted by Crippen LogP contribution is -2.14. The molecule has 0 aliphatic rings. The first-order chi connectivity index (χ1) is 14.1. The molecule has 0 aliphatic carbocycles. The SMILES string of the molecule is COc1ccc(-c2nnc3ccc(SCC(=O)Nc4ccc(Br)cc4)nn23)cc1. The summed E-state index contributed by atoms with van der Waals surface area (Å²) in [5.74, 6) is 1.54. The highest BCUT2D eigenvalue weighted by Crippen LogP contribution is 2.23. The highest BCUT2D eigenvalue weighted by atomic mass is 79.9. The van der Waals surface area contributed by atoms with Gasteiger partial charge in [0.25, 0.3) is 0 Å². The van der Waals surface area contributed by atoms with Gasteiger partial charge in [-0.3, -0.25) is 4.79 Å². The van der Waals surface area contributed by atoms with Gasteiger partial charge in [-0.25, -0.2) is 0 Å². The predicted molar refractivity (Wildman–Crippen MR) is 116 cm³/mol. The Morgan fingerprint density at radius 1 is 1.07 bits per heavy atom. The molecule has 2 aromatic heterocycles. The number of aromatic nitrogens is 4. The number of nitrogens with one attached hydrogen (secondary N) is 1. The van der Waals surface area contributed by atoms with Crippen molar-refractivity contribution in [2.24, 2.45) is 0 Å². The van der Waals surface area contributed by atoms with Crippen LogP contribution >= 0.6 is 27.7 Å². The van der Waals surface area contributed by atoms with Gasteiger partial charge in [0, 0.05) is 15.7 Å². The first-order valence-corrected chi connectivity index (χ1v) is 10.5. The standard InChI is InChI=1S/C20H16BrN5O2S/c1-28-16-8-2-13(3-9-16)20-24-23-17-10-11-19(25-26(17)20)29-12-18(27)22-15-6-4-14(21)5-7-15/h2-11H,12H2,1H3,(H,22,27). The van der Waals surface area contributed by atoms with Crippen molar-refractivity contribution < 1.29 is 9.53 Å². The average Bonchev–Trinajstić information content (AvgIpc) is 3.17. The molecule has 7 nitrogen and oxygen atoms in total. The predicted octanol–water partition coefficient (Wildman–Crippen LogP) is 4.29. The van der Waals surface area contributed by atoms with Crippen LogP contribution in [0, 0.1) is 0 Å². The number of methoxy groups -OCH3 is 1. The van der Waals surface area contributed by atoms with E-state index in [4.69, 9.17) is 4.74 Å². The molecule has 0 radical (unpaired) electrons. The first-order valence-electron chi connectivity index (χ1n) is 8.67. The number of thioether (sulfide) groups is 1. The van der Waals surface area contributed by atoms with Crippen LogP contribution in [-0.2, 0) is 4.79 Å². The van der Waals surface area contributed by atoms with E-state index >= 15 is 0 Å². The molecule has 1 N–H and O–H groups in total. The normalized spacial score (nSPS) is 10.8. The molecule has 0 bridgehead atoms. The maximum atomic E-state index is 12.2. The summed E-state index contributed by atoms with van der Waals surface area (Å²) in [6, 6.07) is 18.6. The molecule has 2 heterocycles. The highest BCUT2D eigenvalue weighted by Gasteiger charge is 2.11. The lowest BCUT2D eigenvalue weighted by Gasteiger charge is -2.06. The van der Waals surface area contributed by atoms with Gasteiger partial charge in [0.1, 0.15) is 10.8 Å². The van der Waals surface area contributed by atoms with Crippen molar-refractivity contribution in [1.29, 1.82) is 0 Å². The Kier molecular flexibility index (Phi) is 5.77. The number of nitrogens with zero attached hydrogens (tertiary/aromatic N) is 4. The topological polar surface area (TPSA) is 81.4 Å². The summed E-state index contributed by atoms with van der Waals surface area (Å²) in [5, 5.41) is 16.6. The van der Waals surface area contributed by atoms with E-state index in [1.54, 1.807) is 11.6 Å². The maximum absolute atomic E-state index is 12.2. The number of carbonyl (C=O) groups excluding carboxylic acids is 1. The van der Waals surface area contributed by atoms with Crippen molar-refractivity contribution in [2.75, 3.05) is 18.2 Å². The van der Waals surface area contributed by atoms with Crippen LogP contribution in [0.2, 0.25) is 0 Å². The Bertz CT molecular complexity index is 1150. The third-order valence-electron chi connectivity index (χ3n) is 4.07. The molecule has 0 atom stereocenters. The highest BCUT2D eigenvalue weighted by molar-refractivity contribution is 9.10. The van der Waals surface area contributed by atoms with Crippen molar-refractivity contribution in [2.45, 2.75) is 5.03 Å². The van der Waals surface area contributed by atoms with Crippen LogP contribution in [0.5, 0.6) is 5.75 Å². The monoisotopic (exact) mass is 469 g/mol. The number of anilines is 1. The second-order valence-electron chi connectivity index (χ2n) is 6.04. The molecule has 0 fully saturated rings. The van der Waals surface area contributed by atoms with E-state index in [1.807, 2.05) is 60.7 Å². The Morgan fingerprint density at radius 2 is 1.83 bits per heavy atom. The minimum Gasteiger partial charge on any atom is -0.497 e. The number of amides is 1. The molecule has 0 saturated heterocycles. The summed E-state index contributed by atoms with van der Waals surface area (Å²) in [6.07, 6.45) is 0. The average molecular weight is 470 g/mol. The Balaban J connectivity index is 1.48. The lowest BCUT2D eigenvalue weighted by atomic mass is 10.2. The number of fused-ring (bicyclic) bond motifs is 1. The molecule has 1 amide bonds. The number of benzene rings is 2. The van der Waals surface area contributed by atoms with Crippen molar-refractivity contribution in [3.8, 4) is 17.1 Å². The molecule has 0 aliphatic heterocycles. The molecule has 0 spiro atoms. The van der Waals surface area contributed by atoms with E-state index in [2.05, 4.69) is 36.5 Å². The van der Waals surface area contributed by atoms with Crippen LogP contribution in [-0.4, -0.2) is 38.6 Å². The van der Waals surface area contributed by atoms with E-state index in [0.717, 1.165) is 21.5 Å². The van der Waals surface area contributed by atoms with E-state index in [0.29, 0.717) is 16.5 Å². The van der Waals surface area contributed by atoms with Gasteiger partial charge in [0.2, 0.25) is 5.91 Å². The minimum absolute atomic E-state index is 0.0987. The van der Waals surface area contributed by atoms with Crippen LogP contribution in [0.1, 0.15) is 0 Å². The fraction of sp³-hybridized carbons (Fsp3) is 0.100. The zero-order valence-electron chi connectivity index (χ0n) is 15.4. The van der Waals surface area contributed by atoms with Crippen LogP contribution in [0.25, 0.3) is 17.0 Å². The van der Waals surface area contributed by atoms with Gasteiger partial charge in [-0.1, -0.05) is 27.7 Å². The summed E-state index contributed by atoms with van der Waals surface area (Å²) in [6.45, 7) is 0. The quantitative estimate of drug-likeness (QED) is 0.424. The third kappa shape index (κ3) is 4.57. The van der Waals surface area contributed by atoms with Gasteiger partial charge in [0.15, 0.2) is 11.5 Å². The van der Waals surface area contributed by atoms with E-state index in [1.165, 1.54) is 11.8 Å². The number of halogens is 1. The fourth-order valence-electron chi connectivity index (χ4n) is 2.64. The van der Waals surface area contributed by atoms with Crippen molar-refractivity contribution in [3.63, 3.8) is 0 Å². The van der Waals surface area contributed by atoms with E-state index < -0.39 is 0 Å². The van der Waals surface area contributed by atoms with Gasteiger partial charge in [-0.2, -0.15) is 9.61 Å². The molecule has 29 heavy (non-hydrogen) atoms. The number of hydrogen-bond donors (Lipinski definition) is 1. The number of rotatable bonds is 6. The minimum atomic E-state index is -0.0987. The largest absolute Gasteiger partial charge is 0.497 e. The van der Waals surface area contributed by atoms with Crippen LogP contribution in [0.4, 0.5) is 5.69 Å². The van der Waals surface area contributed by atoms with Gasteiger partial charge in [-0.05, 0) is 60.7 Å². The molecule has 146 valence electrons. The van der Waals surface area contributed by atoms with Crippen LogP contribution < -0.4 is 10.1 Å². The molecular formula is C20H16BrN5O2S. The summed E-state index contributed by atoms with van der Waals surface area (Å²) in [5.41, 5.74) is 2.27. The molecule has 9 heteroatoms. The molecule has 0 unspecified atom stereocenters.